The third-order valence-electron chi connectivity index (χ3n) is 3.98. The predicted octanol–water partition coefficient (Wildman–Crippen LogP) is 3.60. The maximum atomic E-state index is 12.3. The zero-order valence-corrected chi connectivity index (χ0v) is 16.4. The molecule has 0 saturated heterocycles. The van der Waals surface area contributed by atoms with Gasteiger partial charge in [-0.2, -0.15) is 0 Å². The summed E-state index contributed by atoms with van der Waals surface area (Å²) in [7, 11) is 1.47. The fourth-order valence-corrected chi connectivity index (χ4v) is 2.47. The average molecular weight is 384 g/mol. The van der Waals surface area contributed by atoms with E-state index in [9.17, 15) is 9.59 Å². The van der Waals surface area contributed by atoms with Crippen LogP contribution in [0.25, 0.3) is 0 Å². The van der Waals surface area contributed by atoms with Gasteiger partial charge in [0.1, 0.15) is 0 Å². The van der Waals surface area contributed by atoms with Crippen molar-refractivity contribution in [3.63, 3.8) is 0 Å². The van der Waals surface area contributed by atoms with Gasteiger partial charge in [-0.1, -0.05) is 25.4 Å². The topological polar surface area (TPSA) is 73.9 Å². The van der Waals surface area contributed by atoms with Gasteiger partial charge in [0.2, 0.25) is 0 Å². The molecule has 0 aliphatic heterocycles. The van der Waals surface area contributed by atoms with Gasteiger partial charge in [0.05, 0.1) is 24.3 Å². The molecule has 1 aromatic carbocycles. The van der Waals surface area contributed by atoms with Crippen LogP contribution in [0.3, 0.4) is 0 Å². The monoisotopic (exact) mass is 383 g/mol. The maximum Gasteiger partial charge on any atom is 0.339 e. The van der Waals surface area contributed by atoms with E-state index in [-0.39, 0.29) is 22.5 Å². The van der Waals surface area contributed by atoms with E-state index >= 15 is 0 Å². The summed E-state index contributed by atoms with van der Waals surface area (Å²) < 4.78 is 16.2. The Kier molecular flexibility index (Phi) is 7.14. The Bertz CT molecular complexity index is 658. The molecule has 0 bridgehead atoms. The van der Waals surface area contributed by atoms with Crippen molar-refractivity contribution in [1.82, 2.24) is 5.32 Å². The fourth-order valence-electron chi connectivity index (χ4n) is 2.20. The third kappa shape index (κ3) is 5.80. The van der Waals surface area contributed by atoms with Gasteiger partial charge in [0, 0.05) is 6.04 Å². The van der Waals surface area contributed by atoms with Crippen molar-refractivity contribution in [3.8, 4) is 11.5 Å². The minimum absolute atomic E-state index is 0.203. The lowest BCUT2D eigenvalue weighted by molar-refractivity contribution is -0.129. The van der Waals surface area contributed by atoms with Gasteiger partial charge in [-0.15, -0.1) is 0 Å². The molecule has 6 nitrogen and oxygen atoms in total. The van der Waals surface area contributed by atoms with Gasteiger partial charge >= 0.3 is 5.97 Å². The lowest BCUT2D eigenvalue weighted by Gasteiger charge is -2.16. The van der Waals surface area contributed by atoms with Crippen molar-refractivity contribution >= 4 is 23.5 Å². The minimum Gasteiger partial charge on any atom is -0.493 e. The fraction of sp³-hybridized carbons (Fsp3) is 0.579. The molecule has 1 aliphatic carbocycles. The van der Waals surface area contributed by atoms with Crippen LogP contribution in [0.4, 0.5) is 0 Å². The van der Waals surface area contributed by atoms with Gasteiger partial charge in [0.15, 0.2) is 17.6 Å². The van der Waals surface area contributed by atoms with Crippen molar-refractivity contribution in [1.29, 1.82) is 0 Å². The summed E-state index contributed by atoms with van der Waals surface area (Å²) in [6.45, 7) is 6.23. The average Bonchev–Trinajstić information content (AvgIpc) is 3.39. The third-order valence-corrected chi connectivity index (χ3v) is 4.26. The number of ether oxygens (including phenoxy) is 3. The van der Waals surface area contributed by atoms with E-state index < -0.39 is 12.1 Å². The Labute approximate surface area is 159 Å². The smallest absolute Gasteiger partial charge is 0.339 e. The number of halogens is 1. The van der Waals surface area contributed by atoms with Crippen molar-refractivity contribution in [3.05, 3.63) is 22.7 Å². The molecule has 0 heterocycles. The Morgan fingerprint density at radius 2 is 1.96 bits per heavy atom. The number of esters is 1. The summed E-state index contributed by atoms with van der Waals surface area (Å²) in [4.78, 5) is 24.3. The van der Waals surface area contributed by atoms with E-state index in [0.29, 0.717) is 24.0 Å². The highest BCUT2D eigenvalue weighted by molar-refractivity contribution is 6.32. The Hall–Kier alpha value is -1.95. The van der Waals surface area contributed by atoms with Crippen LogP contribution < -0.4 is 14.8 Å². The first kappa shape index (κ1) is 20.4. The molecule has 1 N–H and O–H groups in total. The van der Waals surface area contributed by atoms with Crippen molar-refractivity contribution < 1.29 is 23.8 Å². The molecule has 1 aromatic rings. The molecule has 0 aromatic heterocycles. The molecule has 0 unspecified atom stereocenters. The van der Waals surface area contributed by atoms with Gasteiger partial charge in [0.25, 0.3) is 5.91 Å². The Morgan fingerprint density at radius 3 is 2.54 bits per heavy atom. The first-order valence-electron chi connectivity index (χ1n) is 8.83. The van der Waals surface area contributed by atoms with E-state index in [1.54, 1.807) is 0 Å². The van der Waals surface area contributed by atoms with E-state index in [1.165, 1.54) is 26.2 Å². The second kappa shape index (κ2) is 9.12. The number of carbonyl (C=O) groups is 2. The molecule has 1 fully saturated rings. The highest BCUT2D eigenvalue weighted by Crippen LogP contribution is 2.37. The number of methoxy groups -OCH3 is 1. The van der Waals surface area contributed by atoms with Gasteiger partial charge in [-0.3, -0.25) is 4.79 Å². The zero-order valence-electron chi connectivity index (χ0n) is 15.6. The number of nitrogens with one attached hydrogen (secondary N) is 1. The zero-order chi connectivity index (χ0) is 19.3. The summed E-state index contributed by atoms with van der Waals surface area (Å²) >= 11 is 6.26. The highest BCUT2D eigenvalue weighted by atomic mass is 35.5. The Balaban J connectivity index is 2.04. The van der Waals surface area contributed by atoms with Crippen LogP contribution in [0.5, 0.6) is 11.5 Å². The standard InChI is InChI=1S/C19H26ClNO5/c1-11(2)7-8-25-17-15(20)9-13(10-16(17)24-4)19(23)26-12(3)18(22)21-14-5-6-14/h9-12,14H,5-8H2,1-4H3,(H,21,22)/t12-/m1/s1. The molecule has 1 aliphatic rings. The lowest BCUT2D eigenvalue weighted by Crippen LogP contribution is -2.37. The number of rotatable bonds is 9. The summed E-state index contributed by atoms with van der Waals surface area (Å²) in [5, 5.41) is 3.06. The largest absolute Gasteiger partial charge is 0.493 e. The van der Waals surface area contributed by atoms with Gasteiger partial charge in [-0.05, 0) is 44.2 Å². The van der Waals surface area contributed by atoms with Crippen LogP contribution in [0.2, 0.25) is 5.02 Å². The molecule has 1 saturated carbocycles. The first-order valence-corrected chi connectivity index (χ1v) is 9.21. The van der Waals surface area contributed by atoms with Crippen molar-refractivity contribution in [2.24, 2.45) is 5.92 Å². The molecule has 144 valence electrons. The first-order chi connectivity index (χ1) is 12.3. The van der Waals surface area contributed by atoms with E-state index in [4.69, 9.17) is 25.8 Å². The number of hydrogen-bond donors (Lipinski definition) is 1. The number of benzene rings is 1. The summed E-state index contributed by atoms with van der Waals surface area (Å²) in [5.74, 6) is 0.302. The molecular formula is C19H26ClNO5. The summed E-state index contributed by atoms with van der Waals surface area (Å²) in [6.07, 6.45) is 1.93. The minimum atomic E-state index is -0.880. The lowest BCUT2D eigenvalue weighted by atomic mass is 10.1. The van der Waals surface area contributed by atoms with Crippen molar-refractivity contribution in [2.45, 2.75) is 52.2 Å². The summed E-state index contributed by atoms with van der Waals surface area (Å²) in [6, 6.07) is 3.17. The number of amides is 1. The van der Waals surface area contributed by atoms with Gasteiger partial charge < -0.3 is 19.5 Å². The molecular weight excluding hydrogens is 358 g/mol. The van der Waals surface area contributed by atoms with Crippen molar-refractivity contribution in [2.75, 3.05) is 13.7 Å². The number of carbonyl (C=O) groups excluding carboxylic acids is 2. The molecule has 26 heavy (non-hydrogen) atoms. The maximum absolute atomic E-state index is 12.3. The molecule has 1 amide bonds. The molecule has 7 heteroatoms. The van der Waals surface area contributed by atoms with Crippen LogP contribution >= 0.6 is 11.6 Å². The van der Waals surface area contributed by atoms with Crippen LogP contribution in [0.1, 0.15) is 50.4 Å². The molecule has 0 radical (unpaired) electrons. The molecule has 1 atom stereocenters. The quantitative estimate of drug-likeness (QED) is 0.659. The van der Waals surface area contributed by atoms with Gasteiger partial charge in [-0.25, -0.2) is 4.79 Å². The van der Waals surface area contributed by atoms with Crippen LogP contribution in [0.15, 0.2) is 12.1 Å². The van der Waals surface area contributed by atoms with E-state index in [1.807, 2.05) is 0 Å². The normalized spacial score (nSPS) is 14.7. The van der Waals surface area contributed by atoms with Crippen LogP contribution in [0, 0.1) is 5.92 Å². The second-order valence-corrected chi connectivity index (χ2v) is 7.26. The SMILES string of the molecule is COc1cc(C(=O)O[C@H](C)C(=O)NC2CC2)cc(Cl)c1OCCC(C)C. The Morgan fingerprint density at radius 1 is 1.27 bits per heavy atom. The van der Waals surface area contributed by atoms with E-state index in [2.05, 4.69) is 19.2 Å². The van der Waals surface area contributed by atoms with E-state index in [0.717, 1.165) is 19.3 Å². The highest BCUT2D eigenvalue weighted by Gasteiger charge is 2.28. The second-order valence-electron chi connectivity index (χ2n) is 6.85. The molecule has 0 spiro atoms. The van der Waals surface area contributed by atoms with Crippen LogP contribution in [-0.4, -0.2) is 37.7 Å². The molecule has 2 rings (SSSR count). The summed E-state index contributed by atoms with van der Waals surface area (Å²) in [5.41, 5.74) is 0.203. The van der Waals surface area contributed by atoms with Crippen LogP contribution in [-0.2, 0) is 9.53 Å². The predicted molar refractivity (Wildman–Crippen MR) is 99.0 cm³/mol. The number of hydrogen-bond acceptors (Lipinski definition) is 5.